The first kappa shape index (κ1) is 13.7. The van der Waals surface area contributed by atoms with Gasteiger partial charge in [0.1, 0.15) is 0 Å². The molecule has 0 aliphatic heterocycles. The van der Waals surface area contributed by atoms with Gasteiger partial charge in [-0.3, -0.25) is 0 Å². The highest BCUT2D eigenvalue weighted by atomic mass is 79.9. The summed E-state index contributed by atoms with van der Waals surface area (Å²) in [6, 6.07) is 11.7. The predicted molar refractivity (Wildman–Crippen MR) is 85.7 cm³/mol. The smallest absolute Gasteiger partial charge is 0.257 e. The Balaban J connectivity index is 1.68. The summed E-state index contributed by atoms with van der Waals surface area (Å²) in [6.45, 7) is 0. The van der Waals surface area contributed by atoms with Crippen LogP contribution in [0.3, 0.4) is 0 Å². The number of halogens is 1. The summed E-state index contributed by atoms with van der Waals surface area (Å²) in [5, 5.41) is 8.13. The van der Waals surface area contributed by atoms with Gasteiger partial charge in [-0.1, -0.05) is 6.07 Å². The Kier molecular flexibility index (Phi) is 4.09. The first-order valence-electron chi connectivity index (χ1n) is 5.77. The van der Waals surface area contributed by atoms with Crippen LogP contribution in [0, 0.1) is 0 Å². The fourth-order valence-electron chi connectivity index (χ4n) is 1.59. The standard InChI is InChI=1S/C13H10BrN3OS2/c14-11-5-4-10(20-11)13-17-16-12(18-13)7-19-9-3-1-2-8(15)6-9/h1-6H,7,15H2. The number of hydrogen-bond acceptors (Lipinski definition) is 6. The molecular formula is C13H10BrN3OS2. The normalized spacial score (nSPS) is 10.8. The van der Waals surface area contributed by atoms with Crippen molar-refractivity contribution in [3.05, 3.63) is 46.1 Å². The van der Waals surface area contributed by atoms with Crippen molar-refractivity contribution in [2.45, 2.75) is 10.6 Å². The zero-order valence-electron chi connectivity index (χ0n) is 10.2. The molecule has 20 heavy (non-hydrogen) atoms. The molecule has 0 bridgehead atoms. The molecule has 0 saturated carbocycles. The lowest BCUT2D eigenvalue weighted by molar-refractivity contribution is 0.529. The monoisotopic (exact) mass is 367 g/mol. The van der Waals surface area contributed by atoms with Crippen LogP contribution in [0.5, 0.6) is 0 Å². The molecule has 0 radical (unpaired) electrons. The van der Waals surface area contributed by atoms with Gasteiger partial charge < -0.3 is 10.2 Å². The Hall–Kier alpha value is -1.31. The summed E-state index contributed by atoms with van der Waals surface area (Å²) in [7, 11) is 0. The minimum absolute atomic E-state index is 0.559. The number of aromatic nitrogens is 2. The summed E-state index contributed by atoms with van der Waals surface area (Å²) in [5.41, 5.74) is 6.50. The largest absolute Gasteiger partial charge is 0.419 e. The zero-order chi connectivity index (χ0) is 13.9. The molecule has 2 aromatic heterocycles. The summed E-state index contributed by atoms with van der Waals surface area (Å²) in [6.07, 6.45) is 0. The Morgan fingerprint density at radius 3 is 2.90 bits per heavy atom. The summed E-state index contributed by atoms with van der Waals surface area (Å²) in [5.74, 6) is 1.80. The third-order valence-corrected chi connectivity index (χ3v) is 5.06. The van der Waals surface area contributed by atoms with Crippen molar-refractivity contribution in [3.8, 4) is 10.8 Å². The summed E-state index contributed by atoms with van der Waals surface area (Å²) >= 11 is 6.60. The van der Waals surface area contributed by atoms with E-state index in [0.29, 0.717) is 17.5 Å². The molecule has 0 aliphatic carbocycles. The zero-order valence-corrected chi connectivity index (χ0v) is 13.5. The second kappa shape index (κ2) is 5.99. The molecule has 0 spiro atoms. The molecule has 3 rings (SSSR count). The van der Waals surface area contributed by atoms with Gasteiger partial charge in [0.15, 0.2) is 0 Å². The maximum absolute atomic E-state index is 5.74. The minimum atomic E-state index is 0.559. The van der Waals surface area contributed by atoms with E-state index in [1.54, 1.807) is 23.1 Å². The Morgan fingerprint density at radius 2 is 2.15 bits per heavy atom. The molecule has 102 valence electrons. The van der Waals surface area contributed by atoms with E-state index in [1.165, 1.54) is 0 Å². The summed E-state index contributed by atoms with van der Waals surface area (Å²) in [4.78, 5) is 2.05. The van der Waals surface area contributed by atoms with Crippen molar-refractivity contribution < 1.29 is 4.42 Å². The van der Waals surface area contributed by atoms with Crippen LogP contribution in [0.1, 0.15) is 5.89 Å². The number of nitrogen functional groups attached to an aromatic ring is 1. The molecule has 0 fully saturated rings. The number of thiophene rings is 1. The van der Waals surface area contributed by atoms with E-state index in [0.717, 1.165) is 19.2 Å². The highest BCUT2D eigenvalue weighted by molar-refractivity contribution is 9.11. The number of nitrogens with two attached hydrogens (primary N) is 1. The van der Waals surface area contributed by atoms with Gasteiger partial charge in [-0.2, -0.15) is 0 Å². The van der Waals surface area contributed by atoms with Crippen LogP contribution < -0.4 is 5.73 Å². The lowest BCUT2D eigenvalue weighted by atomic mass is 10.3. The van der Waals surface area contributed by atoms with Crippen molar-refractivity contribution in [1.82, 2.24) is 10.2 Å². The van der Waals surface area contributed by atoms with E-state index in [-0.39, 0.29) is 0 Å². The first-order valence-corrected chi connectivity index (χ1v) is 8.36. The van der Waals surface area contributed by atoms with Crippen LogP contribution in [0.15, 0.2) is 49.5 Å². The maximum atomic E-state index is 5.74. The van der Waals surface area contributed by atoms with E-state index in [1.807, 2.05) is 36.4 Å². The average Bonchev–Trinajstić information content (AvgIpc) is 3.05. The number of nitrogens with zero attached hydrogens (tertiary/aromatic N) is 2. The van der Waals surface area contributed by atoms with E-state index in [2.05, 4.69) is 26.1 Å². The number of anilines is 1. The highest BCUT2D eigenvalue weighted by Gasteiger charge is 2.10. The molecule has 0 saturated heterocycles. The number of thioether (sulfide) groups is 1. The third kappa shape index (κ3) is 3.23. The van der Waals surface area contributed by atoms with Crippen LogP contribution in [-0.4, -0.2) is 10.2 Å². The highest BCUT2D eigenvalue weighted by Crippen LogP contribution is 2.31. The van der Waals surface area contributed by atoms with E-state index in [4.69, 9.17) is 10.2 Å². The van der Waals surface area contributed by atoms with Crippen molar-refractivity contribution >= 4 is 44.7 Å². The second-order valence-electron chi connectivity index (χ2n) is 3.97. The van der Waals surface area contributed by atoms with Crippen LogP contribution in [0.4, 0.5) is 5.69 Å². The fourth-order valence-corrected chi connectivity index (χ4v) is 3.70. The Morgan fingerprint density at radius 1 is 1.25 bits per heavy atom. The number of benzene rings is 1. The number of rotatable bonds is 4. The van der Waals surface area contributed by atoms with Crippen LogP contribution in [-0.2, 0) is 5.75 Å². The van der Waals surface area contributed by atoms with Crippen molar-refractivity contribution in [2.75, 3.05) is 5.73 Å². The van der Waals surface area contributed by atoms with Gasteiger partial charge in [-0.05, 0) is 46.3 Å². The molecule has 3 aromatic rings. The second-order valence-corrected chi connectivity index (χ2v) is 7.48. The minimum Gasteiger partial charge on any atom is -0.419 e. The molecule has 0 aliphatic rings. The topological polar surface area (TPSA) is 64.9 Å². The van der Waals surface area contributed by atoms with E-state index < -0.39 is 0 Å². The SMILES string of the molecule is Nc1cccc(SCc2nnc(-c3ccc(Br)s3)o2)c1. The van der Waals surface area contributed by atoms with Crippen molar-refractivity contribution in [2.24, 2.45) is 0 Å². The van der Waals surface area contributed by atoms with Crippen LogP contribution in [0.25, 0.3) is 10.8 Å². The van der Waals surface area contributed by atoms with Gasteiger partial charge in [-0.15, -0.1) is 33.3 Å². The van der Waals surface area contributed by atoms with Crippen molar-refractivity contribution in [3.63, 3.8) is 0 Å². The van der Waals surface area contributed by atoms with Crippen LogP contribution >= 0.6 is 39.0 Å². The van der Waals surface area contributed by atoms with Crippen molar-refractivity contribution in [1.29, 1.82) is 0 Å². The molecular weight excluding hydrogens is 358 g/mol. The lowest BCUT2D eigenvalue weighted by Gasteiger charge is -1.99. The van der Waals surface area contributed by atoms with Gasteiger partial charge in [0, 0.05) is 10.6 Å². The predicted octanol–water partition coefficient (Wildman–Crippen LogP) is 4.44. The van der Waals surface area contributed by atoms with Gasteiger partial charge in [-0.25, -0.2) is 0 Å². The van der Waals surface area contributed by atoms with Crippen LogP contribution in [0.2, 0.25) is 0 Å². The molecule has 0 atom stereocenters. The molecule has 0 amide bonds. The van der Waals surface area contributed by atoms with Gasteiger partial charge in [0.2, 0.25) is 5.89 Å². The third-order valence-electron chi connectivity index (χ3n) is 2.47. The fraction of sp³-hybridized carbons (Fsp3) is 0.0769. The number of hydrogen-bond donors (Lipinski definition) is 1. The maximum Gasteiger partial charge on any atom is 0.257 e. The summed E-state index contributed by atoms with van der Waals surface area (Å²) < 4.78 is 6.69. The lowest BCUT2D eigenvalue weighted by Crippen LogP contribution is -1.84. The Labute approximate surface area is 132 Å². The van der Waals surface area contributed by atoms with Gasteiger partial charge in [0.25, 0.3) is 5.89 Å². The Bertz CT molecular complexity index is 726. The molecule has 1 aromatic carbocycles. The molecule has 4 nitrogen and oxygen atoms in total. The van der Waals surface area contributed by atoms with E-state index >= 15 is 0 Å². The molecule has 0 unspecified atom stereocenters. The molecule has 7 heteroatoms. The average molecular weight is 368 g/mol. The van der Waals surface area contributed by atoms with Gasteiger partial charge >= 0.3 is 0 Å². The molecule has 2 heterocycles. The van der Waals surface area contributed by atoms with E-state index in [9.17, 15) is 0 Å². The first-order chi connectivity index (χ1) is 9.70. The van der Waals surface area contributed by atoms with Gasteiger partial charge in [0.05, 0.1) is 14.4 Å². The quantitative estimate of drug-likeness (QED) is 0.545. The molecule has 2 N–H and O–H groups in total.